The Hall–Kier alpha value is 0.118. The zero-order valence-electron chi connectivity index (χ0n) is 13.9. The standard InChI is InChI=1S/C17H31N2O.W/c1-5-18-13(3)16(12-15-10-8-7-9-11-15)19(6-2)17(20)14(18)4;/h13-16H,4-12H2,1-3H3;/q-1;. The van der Waals surface area contributed by atoms with Crippen LogP contribution in [0.1, 0.15) is 59.3 Å². The Morgan fingerprint density at radius 1 is 1.14 bits per heavy atom. The Balaban J connectivity index is 0.00000220. The smallest absolute Gasteiger partial charge is 0.209 e. The molecule has 3 nitrogen and oxygen atoms in total. The maximum absolute atomic E-state index is 12.5. The topological polar surface area (TPSA) is 23.6 Å². The van der Waals surface area contributed by atoms with Crippen LogP contribution in [-0.4, -0.2) is 46.9 Å². The molecule has 1 amide bonds. The molecule has 1 saturated carbocycles. The molecular weight excluding hydrogens is 432 g/mol. The van der Waals surface area contributed by atoms with Crippen molar-refractivity contribution < 1.29 is 25.9 Å². The fourth-order valence-electron chi connectivity index (χ4n) is 4.25. The quantitative estimate of drug-likeness (QED) is 0.599. The molecule has 0 spiro atoms. The molecule has 0 aromatic carbocycles. The predicted octanol–water partition coefficient (Wildman–Crippen LogP) is 3.10. The first-order valence-electron chi connectivity index (χ1n) is 8.49. The number of rotatable bonds is 4. The van der Waals surface area contributed by atoms with Crippen molar-refractivity contribution in [3.8, 4) is 0 Å². The molecule has 0 aromatic rings. The SMILES string of the molecule is [CH2-]C1C(=O)N(CC)C(CC2CCCCC2)C(C)N1CC.[W]. The number of nitrogens with zero attached hydrogens (tertiary/aromatic N) is 2. The minimum atomic E-state index is -0.197. The van der Waals surface area contributed by atoms with Gasteiger partial charge in [-0.05, 0) is 38.8 Å². The Bertz CT molecular complexity index is 331. The van der Waals surface area contributed by atoms with E-state index in [1.807, 2.05) is 0 Å². The van der Waals surface area contributed by atoms with Gasteiger partial charge in [0.05, 0.1) is 0 Å². The van der Waals surface area contributed by atoms with Crippen molar-refractivity contribution >= 4 is 5.91 Å². The van der Waals surface area contributed by atoms with E-state index in [0.717, 1.165) is 19.0 Å². The maximum atomic E-state index is 12.5. The predicted molar refractivity (Wildman–Crippen MR) is 83.4 cm³/mol. The number of carbonyl (C=O) groups is 1. The van der Waals surface area contributed by atoms with Crippen molar-refractivity contribution in [3.05, 3.63) is 6.92 Å². The van der Waals surface area contributed by atoms with E-state index < -0.39 is 0 Å². The van der Waals surface area contributed by atoms with Crippen LogP contribution in [-0.2, 0) is 25.9 Å². The zero-order chi connectivity index (χ0) is 14.7. The van der Waals surface area contributed by atoms with Crippen molar-refractivity contribution in [2.24, 2.45) is 5.92 Å². The molecule has 4 heteroatoms. The second-order valence-electron chi connectivity index (χ2n) is 6.52. The van der Waals surface area contributed by atoms with E-state index in [1.165, 1.54) is 38.5 Å². The summed E-state index contributed by atoms with van der Waals surface area (Å²) in [5, 5.41) is 0. The van der Waals surface area contributed by atoms with Crippen LogP contribution < -0.4 is 0 Å². The normalized spacial score (nSPS) is 32.1. The van der Waals surface area contributed by atoms with Gasteiger partial charge in [0.2, 0.25) is 5.91 Å². The average Bonchev–Trinajstić information content (AvgIpc) is 2.47. The molecule has 1 aliphatic heterocycles. The van der Waals surface area contributed by atoms with E-state index in [9.17, 15) is 4.79 Å². The summed E-state index contributed by atoms with van der Waals surface area (Å²) >= 11 is 0. The minimum absolute atomic E-state index is 0. The first-order chi connectivity index (χ1) is 9.60. The summed E-state index contributed by atoms with van der Waals surface area (Å²) in [6, 6.07) is 0.619. The summed E-state index contributed by atoms with van der Waals surface area (Å²) in [7, 11) is 0. The summed E-state index contributed by atoms with van der Waals surface area (Å²) in [6.07, 6.45) is 8.05. The van der Waals surface area contributed by atoms with E-state index in [4.69, 9.17) is 0 Å². The largest absolute Gasteiger partial charge is 0.339 e. The third kappa shape index (κ3) is 4.10. The molecule has 0 aromatic heterocycles. The molecule has 21 heavy (non-hydrogen) atoms. The van der Waals surface area contributed by atoms with Crippen molar-refractivity contribution in [2.45, 2.75) is 77.4 Å². The van der Waals surface area contributed by atoms with Crippen molar-refractivity contribution in [3.63, 3.8) is 0 Å². The first kappa shape index (κ1) is 19.2. The Labute approximate surface area is 145 Å². The van der Waals surface area contributed by atoms with Crippen LogP contribution in [0.3, 0.4) is 0 Å². The van der Waals surface area contributed by atoms with E-state index in [-0.39, 0.29) is 33.0 Å². The van der Waals surface area contributed by atoms with E-state index in [0.29, 0.717) is 12.1 Å². The minimum Gasteiger partial charge on any atom is -0.339 e. The number of hydrogen-bond donors (Lipinski definition) is 0. The summed E-state index contributed by atoms with van der Waals surface area (Å²) in [6.45, 7) is 12.4. The van der Waals surface area contributed by atoms with Gasteiger partial charge in [-0.3, -0.25) is 4.79 Å². The van der Waals surface area contributed by atoms with Gasteiger partial charge in [-0.2, -0.15) is 0 Å². The molecular formula is C17H31N2OW-. The van der Waals surface area contributed by atoms with E-state index in [2.05, 4.69) is 37.5 Å². The van der Waals surface area contributed by atoms with Gasteiger partial charge in [-0.15, -0.1) is 0 Å². The van der Waals surface area contributed by atoms with Crippen LogP contribution in [0, 0.1) is 12.8 Å². The zero-order valence-corrected chi connectivity index (χ0v) is 16.8. The van der Waals surface area contributed by atoms with Crippen LogP contribution in [0.25, 0.3) is 0 Å². The molecule has 1 aliphatic carbocycles. The second-order valence-corrected chi connectivity index (χ2v) is 6.52. The third-order valence-electron chi connectivity index (χ3n) is 5.45. The number of carbonyl (C=O) groups excluding carboxylic acids is 1. The third-order valence-corrected chi connectivity index (χ3v) is 5.45. The fraction of sp³-hybridized carbons (Fsp3) is 0.882. The number of amides is 1. The van der Waals surface area contributed by atoms with Crippen molar-refractivity contribution in [1.29, 1.82) is 0 Å². The maximum Gasteiger partial charge on any atom is 0.209 e. The second kappa shape index (κ2) is 8.67. The molecule has 0 N–H and O–H groups in total. The number of likely N-dealkylation sites (N-methyl/N-ethyl adjacent to an activating group) is 2. The molecule has 0 radical (unpaired) electrons. The molecule has 1 saturated heterocycles. The molecule has 3 unspecified atom stereocenters. The van der Waals surface area contributed by atoms with Gasteiger partial charge in [0.1, 0.15) is 0 Å². The fourth-order valence-corrected chi connectivity index (χ4v) is 4.25. The Morgan fingerprint density at radius 3 is 2.29 bits per heavy atom. The number of hydrogen-bond acceptors (Lipinski definition) is 2. The average molecular weight is 463 g/mol. The summed E-state index contributed by atoms with van der Waals surface area (Å²) in [5.74, 6) is 1.05. The van der Waals surface area contributed by atoms with Crippen LogP contribution in [0.15, 0.2) is 0 Å². The van der Waals surface area contributed by atoms with E-state index >= 15 is 0 Å². The Morgan fingerprint density at radius 2 is 1.76 bits per heavy atom. The molecule has 1 heterocycles. The van der Waals surface area contributed by atoms with Crippen molar-refractivity contribution in [1.82, 2.24) is 9.80 Å². The number of piperazine rings is 1. The van der Waals surface area contributed by atoms with Gasteiger partial charge in [-0.25, -0.2) is 0 Å². The molecule has 2 fully saturated rings. The monoisotopic (exact) mass is 463 g/mol. The summed E-state index contributed by atoms with van der Waals surface area (Å²) in [5.41, 5.74) is 0. The van der Waals surface area contributed by atoms with Crippen LogP contribution in [0.4, 0.5) is 0 Å². The van der Waals surface area contributed by atoms with Crippen LogP contribution in [0.5, 0.6) is 0 Å². The van der Waals surface area contributed by atoms with Gasteiger partial charge in [0.25, 0.3) is 0 Å². The molecule has 2 aliphatic rings. The summed E-state index contributed by atoms with van der Waals surface area (Å²) in [4.78, 5) is 16.9. The van der Waals surface area contributed by atoms with Crippen LogP contribution in [0.2, 0.25) is 0 Å². The van der Waals surface area contributed by atoms with Crippen LogP contribution >= 0.6 is 0 Å². The van der Waals surface area contributed by atoms with Gasteiger partial charge in [-0.1, -0.05) is 39.0 Å². The molecule has 122 valence electrons. The van der Waals surface area contributed by atoms with Gasteiger partial charge in [0.15, 0.2) is 0 Å². The van der Waals surface area contributed by atoms with Crippen molar-refractivity contribution in [2.75, 3.05) is 13.1 Å². The van der Waals surface area contributed by atoms with Gasteiger partial charge in [0, 0.05) is 39.7 Å². The first-order valence-corrected chi connectivity index (χ1v) is 8.49. The molecule has 2 rings (SSSR count). The summed E-state index contributed by atoms with van der Waals surface area (Å²) < 4.78 is 0. The van der Waals surface area contributed by atoms with Gasteiger partial charge >= 0.3 is 0 Å². The van der Waals surface area contributed by atoms with E-state index in [1.54, 1.807) is 0 Å². The molecule has 0 bridgehead atoms. The van der Waals surface area contributed by atoms with Gasteiger partial charge < -0.3 is 16.7 Å². The Kier molecular flexibility index (Phi) is 7.92. The molecule has 3 atom stereocenters.